The first kappa shape index (κ1) is 22.2. The van der Waals surface area contributed by atoms with Crippen LogP contribution >= 0.6 is 11.6 Å². The van der Waals surface area contributed by atoms with Gasteiger partial charge in [-0.15, -0.1) is 0 Å². The lowest BCUT2D eigenvalue weighted by molar-refractivity contribution is 0.285. The summed E-state index contributed by atoms with van der Waals surface area (Å²) in [6.07, 6.45) is 2.54. The van der Waals surface area contributed by atoms with Gasteiger partial charge in [0, 0.05) is 48.5 Å². The molecular weight excluding hydrogens is 406 g/mol. The van der Waals surface area contributed by atoms with E-state index in [4.69, 9.17) is 16.6 Å². The normalized spacial score (nSPS) is 18.3. The number of pyridine rings is 1. The van der Waals surface area contributed by atoms with Crippen LogP contribution in [0.15, 0.2) is 36.4 Å². The van der Waals surface area contributed by atoms with Crippen LogP contribution in [0.25, 0.3) is 0 Å². The van der Waals surface area contributed by atoms with Gasteiger partial charge in [0.05, 0.1) is 0 Å². The van der Waals surface area contributed by atoms with Crippen LogP contribution in [-0.4, -0.2) is 48.2 Å². The summed E-state index contributed by atoms with van der Waals surface area (Å²) in [4.78, 5) is 4.76. The van der Waals surface area contributed by atoms with Crippen molar-refractivity contribution < 1.29 is 8.42 Å². The van der Waals surface area contributed by atoms with Crippen molar-refractivity contribution in [1.29, 1.82) is 0 Å². The molecule has 29 heavy (non-hydrogen) atoms. The Kier molecular flexibility index (Phi) is 7.32. The summed E-state index contributed by atoms with van der Waals surface area (Å²) in [6.45, 7) is 7.80. The van der Waals surface area contributed by atoms with Gasteiger partial charge in [0.15, 0.2) is 0 Å². The number of halogens is 1. The minimum absolute atomic E-state index is 0.110. The van der Waals surface area contributed by atoms with E-state index in [1.54, 1.807) is 4.31 Å². The topological polar surface area (TPSA) is 53.5 Å². The maximum Gasteiger partial charge on any atom is 0.281 e. The number of rotatable bonds is 7. The van der Waals surface area contributed by atoms with Gasteiger partial charge in [0.2, 0.25) is 0 Å². The molecule has 0 radical (unpaired) electrons. The number of aryl methyl sites for hydroxylation is 1. The molecule has 0 bridgehead atoms. The van der Waals surface area contributed by atoms with E-state index in [-0.39, 0.29) is 5.92 Å². The van der Waals surface area contributed by atoms with E-state index < -0.39 is 10.2 Å². The Morgan fingerprint density at radius 3 is 2.62 bits per heavy atom. The molecule has 7 heteroatoms. The monoisotopic (exact) mass is 435 g/mol. The predicted molar refractivity (Wildman–Crippen MR) is 119 cm³/mol. The highest BCUT2D eigenvalue weighted by Crippen LogP contribution is 2.30. The summed E-state index contributed by atoms with van der Waals surface area (Å²) >= 11 is 6.34. The van der Waals surface area contributed by atoms with Crippen molar-refractivity contribution in [1.82, 2.24) is 13.6 Å². The van der Waals surface area contributed by atoms with Crippen LogP contribution in [0.2, 0.25) is 5.02 Å². The molecule has 1 atom stereocenters. The zero-order valence-electron chi connectivity index (χ0n) is 17.4. The molecule has 0 aliphatic carbocycles. The summed E-state index contributed by atoms with van der Waals surface area (Å²) in [5.41, 5.74) is 4.17. The van der Waals surface area contributed by atoms with Crippen LogP contribution in [0.5, 0.6) is 0 Å². The van der Waals surface area contributed by atoms with Crippen LogP contribution in [0.4, 0.5) is 0 Å². The molecule has 1 saturated heterocycles. The summed E-state index contributed by atoms with van der Waals surface area (Å²) in [7, 11) is -3.42. The van der Waals surface area contributed by atoms with Crippen LogP contribution in [0.1, 0.15) is 55.1 Å². The van der Waals surface area contributed by atoms with Crippen LogP contribution in [0.3, 0.4) is 0 Å². The summed E-state index contributed by atoms with van der Waals surface area (Å²) in [5.74, 6) is 0.110. The van der Waals surface area contributed by atoms with Gasteiger partial charge in [0.25, 0.3) is 10.2 Å². The lowest BCUT2D eigenvalue weighted by atomic mass is 9.93. The minimum Gasteiger partial charge on any atom is -0.258 e. The Hall–Kier alpha value is -1.47. The maximum atomic E-state index is 13.0. The molecule has 1 aliphatic rings. The van der Waals surface area contributed by atoms with Gasteiger partial charge >= 0.3 is 0 Å². The van der Waals surface area contributed by atoms with Crippen molar-refractivity contribution in [3.05, 3.63) is 63.9 Å². The van der Waals surface area contributed by atoms with E-state index in [1.807, 2.05) is 45.0 Å². The molecule has 1 fully saturated rings. The zero-order chi connectivity index (χ0) is 21.0. The molecule has 1 aromatic carbocycles. The van der Waals surface area contributed by atoms with Gasteiger partial charge in [-0.2, -0.15) is 17.0 Å². The molecule has 1 aromatic heterocycles. The number of benzene rings is 1. The average Bonchev–Trinajstić information content (AvgIpc) is 2.70. The number of nitrogens with zero attached hydrogens (tertiary/aromatic N) is 3. The molecule has 2 heterocycles. The lowest BCUT2D eigenvalue weighted by Gasteiger charge is -2.35. The Labute approximate surface area is 179 Å². The second-order valence-electron chi connectivity index (χ2n) is 7.60. The second-order valence-corrected chi connectivity index (χ2v) is 9.93. The Morgan fingerprint density at radius 1 is 1.21 bits per heavy atom. The highest BCUT2D eigenvalue weighted by Gasteiger charge is 2.33. The predicted octanol–water partition coefficient (Wildman–Crippen LogP) is 4.40. The minimum atomic E-state index is -3.42. The van der Waals surface area contributed by atoms with Crippen molar-refractivity contribution in [2.24, 2.45) is 0 Å². The van der Waals surface area contributed by atoms with Crippen molar-refractivity contribution >= 4 is 21.8 Å². The molecule has 158 valence electrons. The van der Waals surface area contributed by atoms with Crippen molar-refractivity contribution in [3.63, 3.8) is 0 Å². The van der Waals surface area contributed by atoms with E-state index in [0.29, 0.717) is 26.2 Å². The summed E-state index contributed by atoms with van der Waals surface area (Å²) in [6, 6.07) is 12.1. The van der Waals surface area contributed by atoms with Gasteiger partial charge in [-0.05, 0) is 55.5 Å². The third-order valence-electron chi connectivity index (χ3n) is 5.55. The van der Waals surface area contributed by atoms with Crippen LogP contribution in [0, 0.1) is 6.92 Å². The first-order valence-corrected chi connectivity index (χ1v) is 12.1. The molecule has 0 saturated carbocycles. The van der Waals surface area contributed by atoms with Crippen LogP contribution < -0.4 is 0 Å². The van der Waals surface area contributed by atoms with Gasteiger partial charge in [-0.3, -0.25) is 4.98 Å². The fraction of sp³-hybridized carbons (Fsp3) is 0.500. The molecule has 5 nitrogen and oxygen atoms in total. The van der Waals surface area contributed by atoms with Gasteiger partial charge in [-0.25, -0.2) is 0 Å². The average molecular weight is 436 g/mol. The van der Waals surface area contributed by atoms with Crippen molar-refractivity contribution in [2.75, 3.05) is 26.2 Å². The Morgan fingerprint density at radius 2 is 1.93 bits per heavy atom. The fourth-order valence-electron chi connectivity index (χ4n) is 4.05. The molecule has 2 aromatic rings. The largest absolute Gasteiger partial charge is 0.281 e. The summed E-state index contributed by atoms with van der Waals surface area (Å²) < 4.78 is 29.1. The first-order valence-electron chi connectivity index (χ1n) is 10.3. The van der Waals surface area contributed by atoms with Crippen LogP contribution in [-0.2, 0) is 16.6 Å². The van der Waals surface area contributed by atoms with E-state index >= 15 is 0 Å². The quantitative estimate of drug-likeness (QED) is 0.647. The SMILES string of the molecule is CCN(CC)S(=O)(=O)N1CCC[C@H](c2cc(Cc3ccccc3Cl)cc(C)n2)C1. The number of piperidine rings is 1. The Balaban J connectivity index is 1.83. The molecule has 1 aliphatic heterocycles. The number of hydrogen-bond donors (Lipinski definition) is 0. The standard InChI is InChI=1S/C22H30ClN3O2S/c1-4-25(5-2)29(27,28)26-12-8-10-20(16-26)22-15-18(13-17(3)24-22)14-19-9-6-7-11-21(19)23/h6-7,9,11,13,15,20H,4-5,8,10,12,14,16H2,1-3H3/t20-/m0/s1. The maximum absolute atomic E-state index is 13.0. The fourth-order valence-corrected chi connectivity index (χ4v) is 5.96. The smallest absolute Gasteiger partial charge is 0.258 e. The third kappa shape index (κ3) is 5.18. The number of hydrogen-bond acceptors (Lipinski definition) is 3. The van der Waals surface area contributed by atoms with Gasteiger partial charge < -0.3 is 0 Å². The lowest BCUT2D eigenvalue weighted by Crippen LogP contribution is -2.47. The zero-order valence-corrected chi connectivity index (χ0v) is 19.0. The molecule has 0 amide bonds. The van der Waals surface area contributed by atoms with E-state index in [0.717, 1.165) is 46.8 Å². The second kappa shape index (κ2) is 9.56. The molecule has 3 rings (SSSR count). The Bertz CT molecular complexity index is 945. The molecule has 0 N–H and O–H groups in total. The highest BCUT2D eigenvalue weighted by atomic mass is 35.5. The first-order chi connectivity index (χ1) is 13.8. The highest BCUT2D eigenvalue weighted by molar-refractivity contribution is 7.86. The van der Waals surface area contributed by atoms with Gasteiger partial charge in [-0.1, -0.05) is 43.6 Å². The third-order valence-corrected chi connectivity index (χ3v) is 8.07. The molecular formula is C22H30ClN3O2S. The van der Waals surface area contributed by atoms with E-state index in [2.05, 4.69) is 12.1 Å². The van der Waals surface area contributed by atoms with Crippen molar-refractivity contribution in [3.8, 4) is 0 Å². The van der Waals surface area contributed by atoms with E-state index in [1.165, 1.54) is 4.31 Å². The van der Waals surface area contributed by atoms with Gasteiger partial charge in [0.1, 0.15) is 0 Å². The number of aromatic nitrogens is 1. The molecule has 0 unspecified atom stereocenters. The summed E-state index contributed by atoms with van der Waals surface area (Å²) in [5, 5.41) is 0.762. The van der Waals surface area contributed by atoms with Crippen molar-refractivity contribution in [2.45, 2.75) is 46.0 Å². The van der Waals surface area contributed by atoms with E-state index in [9.17, 15) is 8.42 Å². The molecule has 0 spiro atoms.